The number of fused-ring (bicyclic) bond motifs is 1. The summed E-state index contributed by atoms with van der Waals surface area (Å²) in [6.07, 6.45) is 6.03. The first-order chi connectivity index (χ1) is 8.92. The van der Waals surface area contributed by atoms with Gasteiger partial charge in [-0.3, -0.25) is 4.90 Å². The molecule has 2 heterocycles. The average molecular weight is 243 g/mol. The maximum atomic E-state index is 5.77. The molecule has 0 bridgehead atoms. The van der Waals surface area contributed by atoms with Crippen LogP contribution in [-0.4, -0.2) is 41.1 Å². The number of likely N-dealkylation sites (tertiary alicyclic amines) is 1. The quantitative estimate of drug-likeness (QED) is 0.824. The molecule has 18 heavy (non-hydrogen) atoms. The lowest BCUT2D eigenvalue weighted by Gasteiger charge is -2.14. The van der Waals surface area contributed by atoms with Crippen LogP contribution < -0.4 is 4.74 Å². The molecule has 2 aromatic rings. The van der Waals surface area contributed by atoms with Gasteiger partial charge in [-0.1, -0.05) is 0 Å². The topological polar surface area (TPSA) is 38.2 Å². The zero-order chi connectivity index (χ0) is 12.2. The molecular formula is C14H17N3O. The van der Waals surface area contributed by atoms with Crippen molar-refractivity contribution in [3.63, 3.8) is 0 Å². The summed E-state index contributed by atoms with van der Waals surface area (Å²) in [7, 11) is 0. The summed E-state index contributed by atoms with van der Waals surface area (Å²) in [4.78, 5) is 10.7. The van der Waals surface area contributed by atoms with Gasteiger partial charge in [0.05, 0.1) is 5.52 Å². The lowest BCUT2D eigenvalue weighted by Crippen LogP contribution is -2.25. The Kier molecular flexibility index (Phi) is 3.37. The Hall–Kier alpha value is -1.68. The Morgan fingerprint density at radius 1 is 1.22 bits per heavy atom. The molecule has 0 aliphatic carbocycles. The number of nitrogens with zero attached hydrogens (tertiary/aromatic N) is 3. The van der Waals surface area contributed by atoms with E-state index in [0.717, 1.165) is 29.8 Å². The van der Waals surface area contributed by atoms with Gasteiger partial charge in [-0.15, -0.1) is 0 Å². The SMILES string of the molecule is c1ncc2ccc(OCCN3CCCC3)cc2n1. The third-order valence-corrected chi connectivity index (χ3v) is 3.35. The second kappa shape index (κ2) is 5.31. The molecule has 0 amide bonds. The van der Waals surface area contributed by atoms with E-state index in [1.165, 1.54) is 25.9 Å². The van der Waals surface area contributed by atoms with E-state index < -0.39 is 0 Å². The van der Waals surface area contributed by atoms with Crippen molar-refractivity contribution in [3.05, 3.63) is 30.7 Å². The van der Waals surface area contributed by atoms with E-state index in [9.17, 15) is 0 Å². The summed E-state index contributed by atoms with van der Waals surface area (Å²) in [5.41, 5.74) is 0.934. The smallest absolute Gasteiger partial charge is 0.121 e. The average Bonchev–Trinajstić information content (AvgIpc) is 2.92. The fraction of sp³-hybridized carbons (Fsp3) is 0.429. The number of hydrogen-bond acceptors (Lipinski definition) is 4. The van der Waals surface area contributed by atoms with E-state index in [-0.39, 0.29) is 0 Å². The summed E-state index contributed by atoms with van der Waals surface area (Å²) < 4.78 is 5.77. The highest BCUT2D eigenvalue weighted by Crippen LogP contribution is 2.18. The van der Waals surface area contributed by atoms with E-state index in [0.29, 0.717) is 0 Å². The van der Waals surface area contributed by atoms with Crippen molar-refractivity contribution in [2.24, 2.45) is 0 Å². The van der Waals surface area contributed by atoms with Gasteiger partial charge in [0.15, 0.2) is 0 Å². The molecule has 0 radical (unpaired) electrons. The standard InChI is InChI=1S/C14H17N3O/c1-2-6-17(5-1)7-8-18-13-4-3-12-10-15-11-16-14(12)9-13/h3-4,9-11H,1-2,5-8H2. The van der Waals surface area contributed by atoms with Crippen molar-refractivity contribution in [3.8, 4) is 5.75 Å². The van der Waals surface area contributed by atoms with E-state index >= 15 is 0 Å². The van der Waals surface area contributed by atoms with Crippen LogP contribution in [0.5, 0.6) is 5.75 Å². The van der Waals surface area contributed by atoms with Crippen LogP contribution in [0.25, 0.3) is 10.9 Å². The van der Waals surface area contributed by atoms with Crippen molar-refractivity contribution in [1.82, 2.24) is 14.9 Å². The molecule has 1 aliphatic heterocycles. The summed E-state index contributed by atoms with van der Waals surface area (Å²) in [6.45, 7) is 4.20. The normalized spacial score (nSPS) is 16.2. The van der Waals surface area contributed by atoms with Gasteiger partial charge >= 0.3 is 0 Å². The largest absolute Gasteiger partial charge is 0.492 e. The van der Waals surface area contributed by atoms with E-state index in [4.69, 9.17) is 4.74 Å². The molecule has 0 spiro atoms. The van der Waals surface area contributed by atoms with E-state index in [1.807, 2.05) is 24.4 Å². The highest BCUT2D eigenvalue weighted by molar-refractivity contribution is 5.78. The van der Waals surface area contributed by atoms with Gasteiger partial charge in [0.25, 0.3) is 0 Å². The summed E-state index contributed by atoms with van der Waals surface area (Å²) >= 11 is 0. The molecule has 4 nitrogen and oxygen atoms in total. The van der Waals surface area contributed by atoms with Gasteiger partial charge in [-0.25, -0.2) is 9.97 Å². The molecular weight excluding hydrogens is 226 g/mol. The fourth-order valence-electron chi connectivity index (χ4n) is 2.34. The molecule has 0 N–H and O–H groups in total. The van der Waals surface area contributed by atoms with Crippen LogP contribution >= 0.6 is 0 Å². The Balaban J connectivity index is 1.60. The van der Waals surface area contributed by atoms with Gasteiger partial charge in [0.1, 0.15) is 18.7 Å². The van der Waals surface area contributed by atoms with Crippen LogP contribution in [0.4, 0.5) is 0 Å². The molecule has 1 fully saturated rings. The first-order valence-corrected chi connectivity index (χ1v) is 6.47. The maximum absolute atomic E-state index is 5.77. The summed E-state index contributed by atoms with van der Waals surface area (Å²) in [5.74, 6) is 0.889. The van der Waals surface area contributed by atoms with Crippen LogP contribution in [0, 0.1) is 0 Å². The zero-order valence-electron chi connectivity index (χ0n) is 10.4. The minimum Gasteiger partial charge on any atom is -0.492 e. The lowest BCUT2D eigenvalue weighted by atomic mass is 10.2. The number of rotatable bonds is 4. The van der Waals surface area contributed by atoms with Crippen LogP contribution in [0.1, 0.15) is 12.8 Å². The predicted molar refractivity (Wildman–Crippen MR) is 70.7 cm³/mol. The number of ether oxygens (including phenoxy) is 1. The van der Waals surface area contributed by atoms with Gasteiger partial charge in [0.2, 0.25) is 0 Å². The molecule has 1 saturated heterocycles. The monoisotopic (exact) mass is 243 g/mol. The molecule has 0 saturated carbocycles. The minimum absolute atomic E-state index is 0.747. The van der Waals surface area contributed by atoms with E-state index in [2.05, 4.69) is 14.9 Å². The van der Waals surface area contributed by atoms with Crippen LogP contribution in [0.2, 0.25) is 0 Å². The van der Waals surface area contributed by atoms with Gasteiger partial charge < -0.3 is 4.74 Å². The Bertz CT molecular complexity index is 523. The van der Waals surface area contributed by atoms with Crippen LogP contribution in [0.15, 0.2) is 30.7 Å². The number of aromatic nitrogens is 2. The molecule has 1 aromatic heterocycles. The molecule has 0 atom stereocenters. The van der Waals surface area contributed by atoms with Crippen molar-refractivity contribution in [1.29, 1.82) is 0 Å². The number of hydrogen-bond donors (Lipinski definition) is 0. The van der Waals surface area contributed by atoms with Crippen LogP contribution in [0.3, 0.4) is 0 Å². The lowest BCUT2D eigenvalue weighted by molar-refractivity contribution is 0.238. The fourth-order valence-corrected chi connectivity index (χ4v) is 2.34. The Morgan fingerprint density at radius 3 is 3.00 bits per heavy atom. The zero-order valence-corrected chi connectivity index (χ0v) is 10.4. The van der Waals surface area contributed by atoms with Crippen molar-refractivity contribution < 1.29 is 4.74 Å². The first-order valence-electron chi connectivity index (χ1n) is 6.47. The predicted octanol–water partition coefficient (Wildman–Crippen LogP) is 2.10. The second-order valence-electron chi connectivity index (χ2n) is 4.64. The molecule has 1 aliphatic rings. The van der Waals surface area contributed by atoms with Gasteiger partial charge in [-0.05, 0) is 38.1 Å². The maximum Gasteiger partial charge on any atom is 0.121 e. The van der Waals surface area contributed by atoms with Crippen molar-refractivity contribution in [2.75, 3.05) is 26.2 Å². The van der Waals surface area contributed by atoms with Gasteiger partial charge in [-0.2, -0.15) is 0 Å². The minimum atomic E-state index is 0.747. The molecule has 4 heteroatoms. The molecule has 0 unspecified atom stereocenters. The third kappa shape index (κ3) is 2.59. The second-order valence-corrected chi connectivity index (χ2v) is 4.64. The van der Waals surface area contributed by atoms with Gasteiger partial charge in [0, 0.05) is 24.2 Å². The Labute approximate surface area is 107 Å². The molecule has 3 rings (SSSR count). The summed E-state index contributed by atoms with van der Waals surface area (Å²) in [6, 6.07) is 5.96. The first kappa shape index (κ1) is 11.4. The summed E-state index contributed by atoms with van der Waals surface area (Å²) in [5, 5.41) is 1.05. The molecule has 94 valence electrons. The van der Waals surface area contributed by atoms with Crippen LogP contribution in [-0.2, 0) is 0 Å². The Morgan fingerprint density at radius 2 is 2.11 bits per heavy atom. The highest BCUT2D eigenvalue weighted by Gasteiger charge is 2.10. The van der Waals surface area contributed by atoms with Crippen molar-refractivity contribution >= 4 is 10.9 Å². The highest BCUT2D eigenvalue weighted by atomic mass is 16.5. The number of benzene rings is 1. The third-order valence-electron chi connectivity index (χ3n) is 3.35. The van der Waals surface area contributed by atoms with Crippen molar-refractivity contribution in [2.45, 2.75) is 12.8 Å². The van der Waals surface area contributed by atoms with E-state index in [1.54, 1.807) is 6.33 Å². The molecule has 1 aromatic carbocycles.